The van der Waals surface area contributed by atoms with Gasteiger partial charge in [0, 0.05) is 30.1 Å². The summed E-state index contributed by atoms with van der Waals surface area (Å²) in [5.74, 6) is 0.158. The molecule has 2 aromatic rings. The zero-order valence-corrected chi connectivity index (χ0v) is 15.7. The summed E-state index contributed by atoms with van der Waals surface area (Å²) in [7, 11) is 0. The van der Waals surface area contributed by atoms with Gasteiger partial charge in [-0.3, -0.25) is 4.79 Å². The molecule has 1 amide bonds. The van der Waals surface area contributed by atoms with Gasteiger partial charge in [0.15, 0.2) is 0 Å². The number of carbonyl (C=O) groups excluding carboxylic acids is 1. The van der Waals surface area contributed by atoms with Gasteiger partial charge in [-0.15, -0.1) is 12.4 Å². The summed E-state index contributed by atoms with van der Waals surface area (Å²) in [5, 5.41) is 1.05. The standard InChI is InChI=1S/C19H26N2O2.ClH/c1-12-7-15-14(10-23-16(15)8-13(12)2)9-18(22)21-6-5-17(20)19(3,4)11-21;/h7-8,10,17H,5-6,9,11,20H2,1-4H3;1H. The molecule has 2 N–H and O–H groups in total. The number of fused-ring (bicyclic) bond motifs is 1. The van der Waals surface area contributed by atoms with Gasteiger partial charge in [0.2, 0.25) is 5.91 Å². The maximum Gasteiger partial charge on any atom is 0.227 e. The Hall–Kier alpha value is -1.52. The van der Waals surface area contributed by atoms with E-state index in [9.17, 15) is 4.79 Å². The van der Waals surface area contributed by atoms with Crippen LogP contribution >= 0.6 is 12.4 Å². The lowest BCUT2D eigenvalue weighted by atomic mass is 9.79. The second-order valence-electron chi connectivity index (χ2n) is 7.57. The number of likely N-dealkylation sites (tertiary alicyclic amines) is 1. The topological polar surface area (TPSA) is 59.5 Å². The molecule has 1 aliphatic rings. The van der Waals surface area contributed by atoms with Gasteiger partial charge in [0.1, 0.15) is 5.58 Å². The molecule has 1 saturated heterocycles. The SMILES string of the molecule is Cc1cc2occ(CC(=O)N3CCC(N)C(C)(C)C3)c2cc1C.Cl. The van der Waals surface area contributed by atoms with Crippen molar-refractivity contribution in [2.45, 2.75) is 46.6 Å². The Labute approximate surface area is 149 Å². The molecule has 4 nitrogen and oxygen atoms in total. The lowest BCUT2D eigenvalue weighted by Gasteiger charge is -2.42. The van der Waals surface area contributed by atoms with E-state index >= 15 is 0 Å². The van der Waals surface area contributed by atoms with E-state index in [1.165, 1.54) is 11.1 Å². The van der Waals surface area contributed by atoms with Crippen LogP contribution in [0.15, 0.2) is 22.8 Å². The van der Waals surface area contributed by atoms with Crippen LogP contribution in [0.5, 0.6) is 0 Å². The lowest BCUT2D eigenvalue weighted by Crippen LogP contribution is -2.54. The maximum absolute atomic E-state index is 12.7. The van der Waals surface area contributed by atoms with Crippen LogP contribution in [-0.4, -0.2) is 29.9 Å². The molecule has 1 unspecified atom stereocenters. The molecule has 0 saturated carbocycles. The molecule has 0 spiro atoms. The third-order valence-corrected chi connectivity index (χ3v) is 5.28. The number of rotatable bonds is 2. The Balaban J connectivity index is 0.00000208. The van der Waals surface area contributed by atoms with E-state index in [4.69, 9.17) is 10.2 Å². The number of benzene rings is 1. The highest BCUT2D eigenvalue weighted by Gasteiger charge is 2.35. The highest BCUT2D eigenvalue weighted by Crippen LogP contribution is 2.29. The predicted octanol–water partition coefficient (Wildman–Crippen LogP) is 3.60. The quantitative estimate of drug-likeness (QED) is 0.900. The number of hydrogen-bond acceptors (Lipinski definition) is 3. The van der Waals surface area contributed by atoms with E-state index in [2.05, 4.69) is 33.8 Å². The van der Waals surface area contributed by atoms with Crippen LogP contribution in [0.2, 0.25) is 0 Å². The molecule has 2 heterocycles. The predicted molar refractivity (Wildman–Crippen MR) is 99.6 cm³/mol. The van der Waals surface area contributed by atoms with Crippen molar-refractivity contribution in [3.8, 4) is 0 Å². The first-order chi connectivity index (χ1) is 10.8. The minimum Gasteiger partial charge on any atom is -0.464 e. The molecule has 0 aliphatic carbocycles. The van der Waals surface area contributed by atoms with Crippen LogP contribution in [0, 0.1) is 19.3 Å². The smallest absolute Gasteiger partial charge is 0.227 e. The number of nitrogens with two attached hydrogens (primary N) is 1. The van der Waals surface area contributed by atoms with Crippen molar-refractivity contribution < 1.29 is 9.21 Å². The van der Waals surface area contributed by atoms with Gasteiger partial charge in [-0.2, -0.15) is 0 Å². The molecule has 0 bridgehead atoms. The Morgan fingerprint density at radius 2 is 2.00 bits per heavy atom. The summed E-state index contributed by atoms with van der Waals surface area (Å²) >= 11 is 0. The van der Waals surface area contributed by atoms with Gasteiger partial charge in [0.05, 0.1) is 12.7 Å². The summed E-state index contributed by atoms with van der Waals surface area (Å²) in [6, 6.07) is 4.32. The monoisotopic (exact) mass is 350 g/mol. The minimum absolute atomic E-state index is 0. The summed E-state index contributed by atoms with van der Waals surface area (Å²) in [6.45, 7) is 9.90. The van der Waals surface area contributed by atoms with E-state index in [1.54, 1.807) is 6.26 Å². The number of halogens is 1. The van der Waals surface area contributed by atoms with Gasteiger partial charge in [0.25, 0.3) is 0 Å². The number of nitrogens with zero attached hydrogens (tertiary/aromatic N) is 1. The number of piperidine rings is 1. The molecule has 132 valence electrons. The van der Waals surface area contributed by atoms with E-state index in [1.807, 2.05) is 11.0 Å². The van der Waals surface area contributed by atoms with E-state index < -0.39 is 0 Å². The molecule has 5 heteroatoms. The zero-order valence-electron chi connectivity index (χ0n) is 14.9. The molecular formula is C19H27ClN2O2. The number of hydrogen-bond donors (Lipinski definition) is 1. The number of aryl methyl sites for hydroxylation is 2. The zero-order chi connectivity index (χ0) is 16.8. The molecule has 1 aromatic heterocycles. The first-order valence-corrected chi connectivity index (χ1v) is 8.28. The average molecular weight is 351 g/mol. The molecular weight excluding hydrogens is 324 g/mol. The third-order valence-electron chi connectivity index (χ3n) is 5.28. The van der Waals surface area contributed by atoms with Gasteiger partial charge in [-0.1, -0.05) is 13.8 Å². The Bertz CT molecular complexity index is 751. The number of amides is 1. The number of carbonyl (C=O) groups is 1. The van der Waals surface area contributed by atoms with Crippen molar-refractivity contribution in [3.63, 3.8) is 0 Å². The highest BCUT2D eigenvalue weighted by molar-refractivity contribution is 5.88. The fourth-order valence-electron chi connectivity index (χ4n) is 3.33. The van der Waals surface area contributed by atoms with Crippen LogP contribution in [0.1, 0.15) is 37.0 Å². The van der Waals surface area contributed by atoms with Gasteiger partial charge >= 0.3 is 0 Å². The van der Waals surface area contributed by atoms with E-state index in [-0.39, 0.29) is 29.8 Å². The summed E-state index contributed by atoms with van der Waals surface area (Å²) in [5.41, 5.74) is 10.4. The second-order valence-corrected chi connectivity index (χ2v) is 7.57. The first-order valence-electron chi connectivity index (χ1n) is 8.28. The van der Waals surface area contributed by atoms with Crippen molar-refractivity contribution in [2.24, 2.45) is 11.1 Å². The molecule has 24 heavy (non-hydrogen) atoms. The molecule has 1 fully saturated rings. The Kier molecular flexibility index (Phi) is 5.31. The van der Waals surface area contributed by atoms with E-state index in [0.29, 0.717) is 6.42 Å². The van der Waals surface area contributed by atoms with Crippen LogP contribution in [0.3, 0.4) is 0 Å². The average Bonchev–Trinajstić information content (AvgIpc) is 2.84. The molecule has 1 atom stereocenters. The Morgan fingerprint density at radius 1 is 1.33 bits per heavy atom. The summed E-state index contributed by atoms with van der Waals surface area (Å²) < 4.78 is 5.64. The maximum atomic E-state index is 12.7. The Morgan fingerprint density at radius 3 is 2.67 bits per heavy atom. The van der Waals surface area contributed by atoms with Crippen molar-refractivity contribution >= 4 is 29.3 Å². The molecule has 0 radical (unpaired) electrons. The summed E-state index contributed by atoms with van der Waals surface area (Å²) in [4.78, 5) is 14.6. The van der Waals surface area contributed by atoms with Crippen LogP contribution in [0.25, 0.3) is 11.0 Å². The van der Waals surface area contributed by atoms with Crippen molar-refractivity contribution in [3.05, 3.63) is 35.1 Å². The van der Waals surface area contributed by atoms with Crippen LogP contribution in [0.4, 0.5) is 0 Å². The number of furan rings is 1. The van der Waals surface area contributed by atoms with Crippen molar-refractivity contribution in [1.82, 2.24) is 4.90 Å². The van der Waals surface area contributed by atoms with Gasteiger partial charge in [-0.25, -0.2) is 0 Å². The van der Waals surface area contributed by atoms with E-state index in [0.717, 1.165) is 36.0 Å². The van der Waals surface area contributed by atoms with Gasteiger partial charge in [-0.05, 0) is 48.9 Å². The van der Waals surface area contributed by atoms with Crippen LogP contribution < -0.4 is 5.73 Å². The molecule has 3 rings (SSSR count). The second kappa shape index (κ2) is 6.77. The van der Waals surface area contributed by atoms with Crippen LogP contribution in [-0.2, 0) is 11.2 Å². The lowest BCUT2D eigenvalue weighted by molar-refractivity contribution is -0.133. The fraction of sp³-hybridized carbons (Fsp3) is 0.526. The minimum atomic E-state index is -0.0277. The fourth-order valence-corrected chi connectivity index (χ4v) is 3.33. The van der Waals surface area contributed by atoms with Crippen molar-refractivity contribution in [1.29, 1.82) is 0 Å². The highest BCUT2D eigenvalue weighted by atomic mass is 35.5. The summed E-state index contributed by atoms with van der Waals surface area (Å²) in [6.07, 6.45) is 2.98. The largest absolute Gasteiger partial charge is 0.464 e. The first kappa shape index (κ1) is 18.8. The molecule has 1 aromatic carbocycles. The van der Waals surface area contributed by atoms with Crippen molar-refractivity contribution in [2.75, 3.05) is 13.1 Å². The normalized spacial score (nSPS) is 20.0. The molecule has 1 aliphatic heterocycles. The van der Waals surface area contributed by atoms with Gasteiger partial charge < -0.3 is 15.1 Å². The third kappa shape index (κ3) is 3.45.